The van der Waals surface area contributed by atoms with Crippen molar-refractivity contribution in [2.45, 2.75) is 84.2 Å². The Balaban J connectivity index is 0.000000115. The van der Waals surface area contributed by atoms with Crippen LogP contribution in [-0.4, -0.2) is 70.1 Å². The van der Waals surface area contributed by atoms with Gasteiger partial charge in [0, 0.05) is 87.8 Å². The molecule has 0 N–H and O–H groups in total. The van der Waals surface area contributed by atoms with Crippen LogP contribution in [-0.2, 0) is 25.0 Å². The number of fused-ring (bicyclic) bond motifs is 12. The first kappa shape index (κ1) is 65.5. The Morgan fingerprint density at radius 2 is 0.546 bits per heavy atom. The molecule has 2 saturated heterocycles. The third-order valence-corrected chi connectivity index (χ3v) is 20.4. The van der Waals surface area contributed by atoms with E-state index in [0.717, 1.165) is 48.0 Å². The van der Waals surface area contributed by atoms with Crippen molar-refractivity contribution in [3.63, 3.8) is 0 Å². The molecule has 480 valence electrons. The second kappa shape index (κ2) is 26.9. The van der Waals surface area contributed by atoms with Crippen LogP contribution in [0.3, 0.4) is 0 Å². The summed E-state index contributed by atoms with van der Waals surface area (Å²) >= 11 is 10.0. The Labute approximate surface area is 591 Å². The molecule has 2 fully saturated rings. The Hall–Kier alpha value is -8.83. The lowest BCUT2D eigenvalue weighted by molar-refractivity contribution is 0.00578. The van der Waals surface area contributed by atoms with Gasteiger partial charge in [-0.3, -0.25) is 19.9 Å². The maximum atomic E-state index is 5.96. The molecule has 0 radical (unpaired) electrons. The van der Waals surface area contributed by atoms with E-state index in [1.807, 2.05) is 92.4 Å². The molecule has 7 aromatic heterocycles. The van der Waals surface area contributed by atoms with Gasteiger partial charge in [-0.15, -0.1) is 0 Å². The molecule has 2 aliphatic heterocycles. The Morgan fingerprint density at radius 3 is 0.835 bits per heavy atom. The number of nitrogens with zero attached hydrogens (tertiary/aromatic N) is 7. The zero-order valence-corrected chi connectivity index (χ0v) is 59.9. The van der Waals surface area contributed by atoms with Crippen molar-refractivity contribution in [1.29, 1.82) is 0 Å². The van der Waals surface area contributed by atoms with E-state index in [4.69, 9.17) is 18.6 Å². The summed E-state index contributed by atoms with van der Waals surface area (Å²) in [5.41, 5.74) is 16.6. The van der Waals surface area contributed by atoms with Crippen LogP contribution in [0.2, 0.25) is 0 Å². The van der Waals surface area contributed by atoms with Gasteiger partial charge in [0.1, 0.15) is 0 Å². The van der Waals surface area contributed by atoms with Crippen molar-refractivity contribution in [3.8, 4) is 39.3 Å². The third-order valence-electron chi connectivity index (χ3n) is 19.1. The van der Waals surface area contributed by atoms with Crippen molar-refractivity contribution < 1.29 is 18.6 Å². The van der Waals surface area contributed by atoms with Gasteiger partial charge in [-0.2, -0.15) is 0 Å². The minimum atomic E-state index is -0.476. The number of hydrogen-bond donors (Lipinski definition) is 0. The average molecular weight is 1470 g/mol. The zero-order chi connectivity index (χ0) is 67.2. The first-order valence-corrected chi connectivity index (χ1v) is 34.8. The summed E-state index contributed by atoms with van der Waals surface area (Å²) in [4.78, 5) is 17.5. The van der Waals surface area contributed by atoms with Crippen LogP contribution in [0.25, 0.3) is 105 Å². The highest BCUT2D eigenvalue weighted by Crippen LogP contribution is 2.44. The van der Waals surface area contributed by atoms with E-state index in [0.29, 0.717) is 0 Å². The lowest BCUT2D eigenvalue weighted by Crippen LogP contribution is -2.41. The molecule has 0 amide bonds. The summed E-state index contributed by atoms with van der Waals surface area (Å²) in [5, 5.41) is 7.49. The largest absolute Gasteiger partial charge is 0.488 e. The van der Waals surface area contributed by atoms with E-state index < -0.39 is 14.0 Å². The minimum Gasteiger partial charge on any atom is -0.405 e. The number of rotatable bonds is 5. The van der Waals surface area contributed by atoms with E-state index in [1.54, 1.807) is 18.6 Å². The third kappa shape index (κ3) is 12.9. The molecule has 16 heteroatoms. The molecule has 15 aromatic rings. The van der Waals surface area contributed by atoms with Gasteiger partial charge in [-0.05, 0) is 193 Å². The van der Waals surface area contributed by atoms with Crippen LogP contribution >= 0.6 is 47.8 Å². The van der Waals surface area contributed by atoms with E-state index in [2.05, 4.69) is 294 Å². The summed E-state index contributed by atoms with van der Waals surface area (Å²) in [7, 11) is -0.952. The van der Waals surface area contributed by atoms with E-state index in [9.17, 15) is 0 Å². The lowest BCUT2D eigenvalue weighted by atomic mass is 9.49. The molecule has 11 nitrogen and oxygen atoms in total. The van der Waals surface area contributed by atoms with Gasteiger partial charge >= 0.3 is 14.0 Å². The molecule has 97 heavy (non-hydrogen) atoms. The predicted octanol–water partition coefficient (Wildman–Crippen LogP) is 21.4. The highest BCUT2D eigenvalue weighted by molar-refractivity contribution is 9.11. The van der Waals surface area contributed by atoms with Gasteiger partial charge in [0.25, 0.3) is 0 Å². The van der Waals surface area contributed by atoms with Gasteiger partial charge in [-0.25, -0.2) is 0 Å². The maximum absolute atomic E-state index is 5.96. The van der Waals surface area contributed by atoms with E-state index in [1.165, 1.54) is 87.7 Å². The molecule has 18 rings (SSSR count). The fraction of sp³-hybridized carbons (Fsp3) is 0.160. The molecule has 0 unspecified atom stereocenters. The highest BCUT2D eigenvalue weighted by Gasteiger charge is 2.63. The van der Waals surface area contributed by atoms with Gasteiger partial charge in [0.2, 0.25) is 0 Å². The molecule has 0 saturated carbocycles. The summed E-state index contributed by atoms with van der Waals surface area (Å²) in [5.74, 6) is 0. The second-order valence-electron chi connectivity index (χ2n) is 26.4. The predicted molar refractivity (Wildman–Crippen MR) is 409 cm³/mol. The standard InChI is InChI=1S/C34H22N4.C17H11BrN2.C13H10.C12H24B2O4.C5H3Br2N/c1-5-13-31-27(9-1)28-10-2-6-14-32(28)37(31)25-17-23(19-35-21-25)24-18-26(22-36-20-24)38-33-15-7-3-11-29(33)30-12-4-8-16-34(30)38;18-12-9-13(11-19-10-12)20-16-7-3-1-5-14(16)15-6-2-4-8-17(15)20;1-3-7-12-10(5-1)9-11-6-2-4-8-13(11)12;1-9(2)10(3,4)16-13(15-9)14-17-11(5,6)12(7,8)18-14;6-4-1-5(7)3-8-2-4/h1-22H;1-11H;1-8H,9H2;1-8H3;1-3H. The lowest BCUT2D eigenvalue weighted by Gasteiger charge is -2.32. The zero-order valence-electron chi connectivity index (χ0n) is 55.2. The van der Waals surface area contributed by atoms with Crippen LogP contribution in [0, 0.1) is 0 Å². The first-order chi connectivity index (χ1) is 46.8. The van der Waals surface area contributed by atoms with Crippen LogP contribution in [0.1, 0.15) is 66.5 Å². The number of para-hydroxylation sites is 6. The Morgan fingerprint density at radius 1 is 0.299 bits per heavy atom. The minimum absolute atomic E-state index is 0.360. The summed E-state index contributed by atoms with van der Waals surface area (Å²) in [6, 6.07) is 76.9. The maximum Gasteiger partial charge on any atom is 0.488 e. The number of pyridine rings is 4. The van der Waals surface area contributed by atoms with Crippen molar-refractivity contribution in [1.82, 2.24) is 33.6 Å². The monoisotopic (exact) mass is 1460 g/mol. The fourth-order valence-corrected chi connectivity index (χ4v) is 14.4. The quantitative estimate of drug-likeness (QED) is 0.157. The smallest absolute Gasteiger partial charge is 0.405 e. The van der Waals surface area contributed by atoms with E-state index in [-0.39, 0.29) is 22.4 Å². The molecule has 0 bridgehead atoms. The number of aromatic nitrogens is 7. The fourth-order valence-electron chi connectivity index (χ4n) is 13.0. The van der Waals surface area contributed by atoms with Crippen LogP contribution < -0.4 is 0 Å². The molecule has 0 atom stereocenters. The van der Waals surface area contributed by atoms with Crippen molar-refractivity contribution >= 4 is 127 Å². The van der Waals surface area contributed by atoms with E-state index >= 15 is 0 Å². The molecule has 1 aliphatic carbocycles. The SMILES string of the molecule is Brc1cncc(-n2c3ccccc3c3ccccc32)c1.Brc1cncc(Br)c1.CC1(C)OB(B2OC(C)(C)C(C)(C)O2)OC1(C)C.c1ccc2c(c1)Cc1ccccc1-2.c1ccc2c(c1)c1ccccc1n2-c1cncc(-c2cncc(-n3c4ccccc4c4ccccc43)c2)c1. The normalized spacial score (nSPS) is 15.2. The summed E-state index contributed by atoms with van der Waals surface area (Å²) in [6.07, 6.45) is 16.0. The van der Waals surface area contributed by atoms with Crippen LogP contribution in [0.4, 0.5) is 0 Å². The average Bonchev–Trinajstić information content (AvgIpc) is 1.62. The van der Waals surface area contributed by atoms with Crippen molar-refractivity contribution in [3.05, 3.63) is 293 Å². The topological polar surface area (TPSA) is 103 Å². The molecule has 9 heterocycles. The number of halogens is 3. The Bertz CT molecular complexity index is 4970. The summed E-state index contributed by atoms with van der Waals surface area (Å²) in [6.45, 7) is 16.2. The number of hydrogen-bond acceptors (Lipinski definition) is 8. The van der Waals surface area contributed by atoms with Gasteiger partial charge in [-0.1, -0.05) is 158 Å². The summed E-state index contributed by atoms with van der Waals surface area (Å²) < 4.78 is 33.7. The highest BCUT2D eigenvalue weighted by atomic mass is 79.9. The van der Waals surface area contributed by atoms with Gasteiger partial charge < -0.3 is 32.3 Å². The second-order valence-corrected chi connectivity index (χ2v) is 29.1. The van der Waals surface area contributed by atoms with Crippen molar-refractivity contribution in [2.24, 2.45) is 0 Å². The van der Waals surface area contributed by atoms with Gasteiger partial charge in [0.05, 0.1) is 91.2 Å². The van der Waals surface area contributed by atoms with Crippen molar-refractivity contribution in [2.75, 3.05) is 0 Å². The molecule has 8 aromatic carbocycles. The molecule has 3 aliphatic rings. The van der Waals surface area contributed by atoms with Crippen LogP contribution in [0.5, 0.6) is 0 Å². The Kier molecular flexibility index (Phi) is 18.1. The molecule has 0 spiro atoms. The first-order valence-electron chi connectivity index (χ1n) is 32.4. The van der Waals surface area contributed by atoms with Crippen LogP contribution in [0.15, 0.2) is 281 Å². The number of benzene rings is 8. The van der Waals surface area contributed by atoms with Gasteiger partial charge in [0.15, 0.2) is 0 Å². The molecular formula is C81H70B2Br3N7O4. The molecular weight excluding hydrogens is 1400 g/mol.